The maximum absolute atomic E-state index is 5.83. The highest BCUT2D eigenvalue weighted by atomic mass is 15.3. The number of hydrogen-bond donors (Lipinski definition) is 1. The maximum Gasteiger partial charge on any atom is 0.206 e. The molecule has 3 aromatic heterocycles. The monoisotopic (exact) mass is 256 g/mol. The number of imidazole rings is 1. The SMILES string of the molecule is Cc1nn(C(C)C)cc1-c1cnc(N)n2cncc12. The fourth-order valence-corrected chi connectivity index (χ4v) is 2.15. The van der Waals surface area contributed by atoms with E-state index in [-0.39, 0.29) is 0 Å². The summed E-state index contributed by atoms with van der Waals surface area (Å²) in [6.45, 7) is 6.20. The molecule has 0 aliphatic carbocycles. The number of fused-ring (bicyclic) bond motifs is 1. The fraction of sp³-hybridized carbons (Fsp3) is 0.308. The Morgan fingerprint density at radius 3 is 2.68 bits per heavy atom. The third-order valence-corrected chi connectivity index (χ3v) is 3.22. The van der Waals surface area contributed by atoms with Crippen molar-refractivity contribution in [1.29, 1.82) is 0 Å². The topological polar surface area (TPSA) is 74.0 Å². The summed E-state index contributed by atoms with van der Waals surface area (Å²) >= 11 is 0. The van der Waals surface area contributed by atoms with Crippen LogP contribution in [0.2, 0.25) is 0 Å². The summed E-state index contributed by atoms with van der Waals surface area (Å²) in [4.78, 5) is 8.35. The molecule has 2 N–H and O–H groups in total. The van der Waals surface area contributed by atoms with Gasteiger partial charge in [0, 0.05) is 29.6 Å². The molecule has 0 aliphatic heterocycles. The number of aromatic nitrogens is 5. The van der Waals surface area contributed by atoms with Crippen LogP contribution in [0.3, 0.4) is 0 Å². The average molecular weight is 256 g/mol. The van der Waals surface area contributed by atoms with E-state index in [1.54, 1.807) is 23.1 Å². The Morgan fingerprint density at radius 1 is 1.21 bits per heavy atom. The van der Waals surface area contributed by atoms with Crippen LogP contribution in [0.1, 0.15) is 25.6 Å². The smallest absolute Gasteiger partial charge is 0.206 e. The first-order chi connectivity index (χ1) is 9.08. The van der Waals surface area contributed by atoms with Crippen molar-refractivity contribution < 1.29 is 0 Å². The van der Waals surface area contributed by atoms with E-state index in [9.17, 15) is 0 Å². The van der Waals surface area contributed by atoms with Crippen LogP contribution in [0.4, 0.5) is 5.95 Å². The van der Waals surface area contributed by atoms with Gasteiger partial charge in [0.05, 0.1) is 17.4 Å². The number of nitrogen functional groups attached to an aromatic ring is 1. The van der Waals surface area contributed by atoms with Gasteiger partial charge in [-0.1, -0.05) is 0 Å². The Morgan fingerprint density at radius 2 is 2.00 bits per heavy atom. The van der Waals surface area contributed by atoms with Crippen molar-refractivity contribution in [3.05, 3.63) is 30.6 Å². The minimum atomic E-state index is 0.329. The van der Waals surface area contributed by atoms with Crippen LogP contribution in [-0.4, -0.2) is 24.1 Å². The Kier molecular flexibility index (Phi) is 2.51. The Labute approximate surface area is 110 Å². The predicted molar refractivity (Wildman–Crippen MR) is 73.7 cm³/mol. The summed E-state index contributed by atoms with van der Waals surface area (Å²) in [6, 6.07) is 0.329. The molecule has 0 saturated carbocycles. The molecule has 0 aromatic carbocycles. The van der Waals surface area contributed by atoms with E-state index in [1.807, 2.05) is 17.8 Å². The van der Waals surface area contributed by atoms with Gasteiger partial charge in [0.1, 0.15) is 6.33 Å². The minimum Gasteiger partial charge on any atom is -0.369 e. The summed E-state index contributed by atoms with van der Waals surface area (Å²) < 4.78 is 3.73. The standard InChI is InChI=1S/C13H16N6/c1-8(2)19-6-11(9(3)17-19)10-4-16-13(14)18-7-15-5-12(10)18/h4-8H,1-3H3,(H2,14,16). The molecule has 6 heteroatoms. The molecular formula is C13H16N6. The quantitative estimate of drug-likeness (QED) is 0.761. The van der Waals surface area contributed by atoms with Crippen molar-refractivity contribution >= 4 is 11.5 Å². The summed E-state index contributed by atoms with van der Waals surface area (Å²) in [5.74, 6) is 0.435. The van der Waals surface area contributed by atoms with Gasteiger partial charge >= 0.3 is 0 Å². The molecule has 0 bridgehead atoms. The fourth-order valence-electron chi connectivity index (χ4n) is 2.15. The molecular weight excluding hydrogens is 240 g/mol. The summed E-state index contributed by atoms with van der Waals surface area (Å²) in [5.41, 5.74) is 9.81. The highest BCUT2D eigenvalue weighted by Crippen LogP contribution is 2.28. The Balaban J connectivity index is 2.25. The Bertz CT molecular complexity index is 737. The van der Waals surface area contributed by atoms with Gasteiger partial charge in [0.15, 0.2) is 0 Å². The number of nitrogens with two attached hydrogens (primary N) is 1. The highest BCUT2D eigenvalue weighted by Gasteiger charge is 2.14. The lowest BCUT2D eigenvalue weighted by Gasteiger charge is -2.05. The van der Waals surface area contributed by atoms with E-state index in [4.69, 9.17) is 5.73 Å². The summed E-state index contributed by atoms with van der Waals surface area (Å²) in [5, 5.41) is 4.53. The first kappa shape index (κ1) is 11.7. The van der Waals surface area contributed by atoms with E-state index in [0.717, 1.165) is 22.3 Å². The number of aryl methyl sites for hydroxylation is 1. The van der Waals surface area contributed by atoms with Crippen molar-refractivity contribution in [3.8, 4) is 11.1 Å². The number of hydrogen-bond acceptors (Lipinski definition) is 4. The first-order valence-electron chi connectivity index (χ1n) is 6.20. The van der Waals surface area contributed by atoms with Gasteiger partial charge in [0.2, 0.25) is 5.95 Å². The lowest BCUT2D eigenvalue weighted by molar-refractivity contribution is 0.529. The van der Waals surface area contributed by atoms with Crippen LogP contribution < -0.4 is 5.73 Å². The third-order valence-electron chi connectivity index (χ3n) is 3.22. The van der Waals surface area contributed by atoms with Gasteiger partial charge in [-0.25, -0.2) is 9.97 Å². The number of rotatable bonds is 2. The van der Waals surface area contributed by atoms with Crippen LogP contribution in [0, 0.1) is 6.92 Å². The average Bonchev–Trinajstić information content (AvgIpc) is 2.97. The molecule has 0 amide bonds. The van der Waals surface area contributed by atoms with Crippen LogP contribution >= 0.6 is 0 Å². The minimum absolute atomic E-state index is 0.329. The number of nitrogens with zero attached hydrogens (tertiary/aromatic N) is 5. The predicted octanol–water partition coefficient (Wildman–Crippen LogP) is 2.06. The van der Waals surface area contributed by atoms with E-state index >= 15 is 0 Å². The molecule has 3 aromatic rings. The third kappa shape index (κ3) is 1.76. The molecule has 3 heterocycles. The Hall–Kier alpha value is -2.37. The van der Waals surface area contributed by atoms with Crippen molar-refractivity contribution in [2.45, 2.75) is 26.8 Å². The number of anilines is 1. The van der Waals surface area contributed by atoms with Gasteiger partial charge in [-0.3, -0.25) is 9.08 Å². The second kappa shape index (κ2) is 4.08. The van der Waals surface area contributed by atoms with Gasteiger partial charge in [-0.05, 0) is 20.8 Å². The van der Waals surface area contributed by atoms with E-state index < -0.39 is 0 Å². The van der Waals surface area contributed by atoms with E-state index in [2.05, 4.69) is 28.9 Å². The maximum atomic E-state index is 5.83. The highest BCUT2D eigenvalue weighted by molar-refractivity contribution is 5.81. The van der Waals surface area contributed by atoms with Crippen LogP contribution in [0.25, 0.3) is 16.6 Å². The molecule has 3 rings (SSSR count). The summed E-state index contributed by atoms with van der Waals surface area (Å²) in [7, 11) is 0. The molecule has 0 radical (unpaired) electrons. The molecule has 98 valence electrons. The first-order valence-corrected chi connectivity index (χ1v) is 6.20. The van der Waals surface area contributed by atoms with Crippen LogP contribution in [0.15, 0.2) is 24.9 Å². The lowest BCUT2D eigenvalue weighted by Crippen LogP contribution is -2.00. The molecule has 0 aliphatic rings. The second-order valence-electron chi connectivity index (χ2n) is 4.88. The second-order valence-corrected chi connectivity index (χ2v) is 4.88. The van der Waals surface area contributed by atoms with E-state index in [1.165, 1.54) is 0 Å². The molecule has 19 heavy (non-hydrogen) atoms. The van der Waals surface area contributed by atoms with Gasteiger partial charge < -0.3 is 5.73 Å². The summed E-state index contributed by atoms with van der Waals surface area (Å²) in [6.07, 6.45) is 7.28. The van der Waals surface area contributed by atoms with E-state index in [0.29, 0.717) is 12.0 Å². The normalized spacial score (nSPS) is 11.6. The van der Waals surface area contributed by atoms with Crippen molar-refractivity contribution in [2.24, 2.45) is 0 Å². The van der Waals surface area contributed by atoms with Crippen molar-refractivity contribution in [1.82, 2.24) is 24.1 Å². The molecule has 0 fully saturated rings. The zero-order valence-electron chi connectivity index (χ0n) is 11.2. The molecule has 0 spiro atoms. The van der Waals surface area contributed by atoms with Crippen LogP contribution in [0.5, 0.6) is 0 Å². The zero-order valence-corrected chi connectivity index (χ0v) is 11.2. The molecule has 0 unspecified atom stereocenters. The van der Waals surface area contributed by atoms with Crippen LogP contribution in [-0.2, 0) is 0 Å². The molecule has 0 saturated heterocycles. The molecule has 0 atom stereocenters. The van der Waals surface area contributed by atoms with Gasteiger partial charge in [-0.15, -0.1) is 0 Å². The molecule has 6 nitrogen and oxygen atoms in total. The largest absolute Gasteiger partial charge is 0.369 e. The zero-order chi connectivity index (χ0) is 13.6. The van der Waals surface area contributed by atoms with Crippen molar-refractivity contribution in [2.75, 3.05) is 5.73 Å². The van der Waals surface area contributed by atoms with Gasteiger partial charge in [0.25, 0.3) is 0 Å². The van der Waals surface area contributed by atoms with Gasteiger partial charge in [-0.2, -0.15) is 5.10 Å². The van der Waals surface area contributed by atoms with Crippen molar-refractivity contribution in [3.63, 3.8) is 0 Å². The lowest BCUT2D eigenvalue weighted by atomic mass is 10.1.